The van der Waals surface area contributed by atoms with E-state index >= 15 is 0 Å². The number of allylic oxidation sites excluding steroid dienone is 1. The van der Waals surface area contributed by atoms with Gasteiger partial charge in [-0.05, 0) is 18.2 Å². The first-order valence-electron chi connectivity index (χ1n) is 6.08. The van der Waals surface area contributed by atoms with E-state index in [2.05, 4.69) is 11.1 Å². The van der Waals surface area contributed by atoms with E-state index in [1.807, 2.05) is 24.3 Å². The van der Waals surface area contributed by atoms with Crippen molar-refractivity contribution in [2.75, 3.05) is 5.73 Å². The van der Waals surface area contributed by atoms with Crippen LogP contribution < -0.4 is 16.2 Å². The standard InChI is InChI=1S/C15H12N4O/c16-8-11-14(12-3-1-2-6-19-12)10-5-4-9(17)7-13(10)20-15(11)18/h1-7,14H,17-18H2/t14-/m1/s1. The average Bonchev–Trinajstić information content (AvgIpc) is 2.46. The minimum atomic E-state index is -0.328. The van der Waals surface area contributed by atoms with Gasteiger partial charge in [-0.2, -0.15) is 5.26 Å². The third kappa shape index (κ3) is 1.84. The molecule has 20 heavy (non-hydrogen) atoms. The van der Waals surface area contributed by atoms with Crippen molar-refractivity contribution in [2.24, 2.45) is 5.73 Å². The summed E-state index contributed by atoms with van der Waals surface area (Å²) in [5, 5.41) is 9.35. The Morgan fingerprint density at radius 3 is 2.75 bits per heavy atom. The minimum Gasteiger partial charge on any atom is -0.440 e. The zero-order valence-corrected chi connectivity index (χ0v) is 10.6. The fourth-order valence-electron chi connectivity index (χ4n) is 2.32. The number of hydrogen-bond acceptors (Lipinski definition) is 5. The molecule has 1 aliphatic rings. The highest BCUT2D eigenvalue weighted by atomic mass is 16.5. The van der Waals surface area contributed by atoms with Crippen molar-refractivity contribution in [2.45, 2.75) is 5.92 Å². The van der Waals surface area contributed by atoms with Gasteiger partial charge in [-0.3, -0.25) is 4.98 Å². The molecular weight excluding hydrogens is 252 g/mol. The van der Waals surface area contributed by atoms with Crippen LogP contribution in [0.15, 0.2) is 54.1 Å². The van der Waals surface area contributed by atoms with Gasteiger partial charge in [-0.15, -0.1) is 0 Å². The molecule has 2 heterocycles. The van der Waals surface area contributed by atoms with Gasteiger partial charge < -0.3 is 16.2 Å². The zero-order valence-electron chi connectivity index (χ0n) is 10.6. The molecule has 1 atom stereocenters. The third-order valence-corrected chi connectivity index (χ3v) is 3.23. The molecule has 5 heteroatoms. The first kappa shape index (κ1) is 12.1. The van der Waals surface area contributed by atoms with Crippen molar-refractivity contribution in [3.63, 3.8) is 0 Å². The highest BCUT2D eigenvalue weighted by Crippen LogP contribution is 2.41. The second-order valence-electron chi connectivity index (χ2n) is 4.48. The van der Waals surface area contributed by atoms with Crippen LogP contribution in [0.5, 0.6) is 5.75 Å². The number of hydrogen-bond donors (Lipinski definition) is 2. The van der Waals surface area contributed by atoms with Crippen LogP contribution in [0, 0.1) is 11.3 Å². The van der Waals surface area contributed by atoms with Crippen molar-refractivity contribution in [3.05, 3.63) is 65.3 Å². The maximum absolute atomic E-state index is 9.35. The number of aromatic nitrogens is 1. The Morgan fingerprint density at radius 2 is 2.05 bits per heavy atom. The van der Waals surface area contributed by atoms with Crippen LogP contribution in [0.25, 0.3) is 0 Å². The van der Waals surface area contributed by atoms with E-state index < -0.39 is 0 Å². The molecule has 0 unspecified atom stereocenters. The summed E-state index contributed by atoms with van der Waals surface area (Å²) in [6, 6.07) is 13.0. The van der Waals surface area contributed by atoms with E-state index in [0.717, 1.165) is 11.3 Å². The van der Waals surface area contributed by atoms with Crippen LogP contribution in [-0.4, -0.2) is 4.98 Å². The number of nitrogen functional groups attached to an aromatic ring is 1. The lowest BCUT2D eigenvalue weighted by molar-refractivity contribution is 0.393. The van der Waals surface area contributed by atoms with Crippen LogP contribution in [0.2, 0.25) is 0 Å². The van der Waals surface area contributed by atoms with Gasteiger partial charge in [-0.25, -0.2) is 0 Å². The topological polar surface area (TPSA) is 98.0 Å². The summed E-state index contributed by atoms with van der Waals surface area (Å²) in [6.07, 6.45) is 1.69. The summed E-state index contributed by atoms with van der Waals surface area (Å²) in [5.74, 6) is 0.337. The van der Waals surface area contributed by atoms with Crippen molar-refractivity contribution < 1.29 is 4.74 Å². The van der Waals surface area contributed by atoms with Crippen molar-refractivity contribution in [1.29, 1.82) is 5.26 Å². The van der Waals surface area contributed by atoms with Crippen LogP contribution in [0.3, 0.4) is 0 Å². The lowest BCUT2D eigenvalue weighted by Gasteiger charge is -2.25. The van der Waals surface area contributed by atoms with E-state index in [9.17, 15) is 5.26 Å². The number of nitriles is 1. The van der Waals surface area contributed by atoms with Crippen molar-refractivity contribution in [1.82, 2.24) is 4.98 Å². The molecule has 1 aliphatic heterocycles. The van der Waals surface area contributed by atoms with Gasteiger partial charge in [0, 0.05) is 23.5 Å². The number of rotatable bonds is 1. The predicted molar refractivity (Wildman–Crippen MR) is 74.4 cm³/mol. The Kier molecular flexibility index (Phi) is 2.77. The predicted octanol–water partition coefficient (Wildman–Crippen LogP) is 1.88. The number of anilines is 1. The number of benzene rings is 1. The summed E-state index contributed by atoms with van der Waals surface area (Å²) >= 11 is 0. The smallest absolute Gasteiger partial charge is 0.205 e. The number of fused-ring (bicyclic) bond motifs is 1. The molecule has 0 aliphatic carbocycles. The molecule has 0 saturated carbocycles. The second-order valence-corrected chi connectivity index (χ2v) is 4.48. The molecule has 5 nitrogen and oxygen atoms in total. The highest BCUT2D eigenvalue weighted by Gasteiger charge is 2.31. The number of nitrogens with zero attached hydrogens (tertiary/aromatic N) is 2. The molecule has 0 bridgehead atoms. The summed E-state index contributed by atoms with van der Waals surface area (Å²) in [5.41, 5.74) is 14.1. The molecule has 0 fully saturated rings. The molecule has 1 aromatic carbocycles. The van der Waals surface area contributed by atoms with E-state index in [4.69, 9.17) is 16.2 Å². The molecule has 4 N–H and O–H groups in total. The molecule has 0 saturated heterocycles. The average molecular weight is 264 g/mol. The zero-order chi connectivity index (χ0) is 14.1. The largest absolute Gasteiger partial charge is 0.440 e. The summed E-state index contributed by atoms with van der Waals surface area (Å²) in [4.78, 5) is 4.33. The molecule has 3 rings (SSSR count). The van der Waals surface area contributed by atoms with Gasteiger partial charge in [-0.1, -0.05) is 12.1 Å². The second kappa shape index (κ2) is 4.59. The molecule has 0 radical (unpaired) electrons. The summed E-state index contributed by atoms with van der Waals surface area (Å²) in [7, 11) is 0. The fraction of sp³-hybridized carbons (Fsp3) is 0.0667. The molecular formula is C15H12N4O. The van der Waals surface area contributed by atoms with Crippen molar-refractivity contribution >= 4 is 5.69 Å². The Hall–Kier alpha value is -3.00. The van der Waals surface area contributed by atoms with E-state index in [1.54, 1.807) is 18.3 Å². The van der Waals surface area contributed by atoms with Gasteiger partial charge in [0.2, 0.25) is 5.88 Å². The Labute approximate surface area is 116 Å². The van der Waals surface area contributed by atoms with Gasteiger partial charge in [0.15, 0.2) is 0 Å². The summed E-state index contributed by atoms with van der Waals surface area (Å²) < 4.78 is 5.49. The maximum Gasteiger partial charge on any atom is 0.205 e. The quantitative estimate of drug-likeness (QED) is 0.766. The van der Waals surface area contributed by atoms with Gasteiger partial charge in [0.25, 0.3) is 0 Å². The van der Waals surface area contributed by atoms with Crippen LogP contribution in [-0.2, 0) is 0 Å². The van der Waals surface area contributed by atoms with Gasteiger partial charge in [0.05, 0.1) is 11.6 Å². The van der Waals surface area contributed by atoms with Gasteiger partial charge >= 0.3 is 0 Å². The van der Waals surface area contributed by atoms with E-state index in [0.29, 0.717) is 17.0 Å². The summed E-state index contributed by atoms with van der Waals surface area (Å²) in [6.45, 7) is 0. The fourth-order valence-corrected chi connectivity index (χ4v) is 2.32. The maximum atomic E-state index is 9.35. The van der Waals surface area contributed by atoms with Gasteiger partial charge in [0.1, 0.15) is 17.4 Å². The monoisotopic (exact) mass is 264 g/mol. The molecule has 0 amide bonds. The van der Waals surface area contributed by atoms with Crippen LogP contribution in [0.1, 0.15) is 17.2 Å². The van der Waals surface area contributed by atoms with Crippen molar-refractivity contribution in [3.8, 4) is 11.8 Å². The van der Waals surface area contributed by atoms with E-state index in [-0.39, 0.29) is 11.8 Å². The number of pyridine rings is 1. The lowest BCUT2D eigenvalue weighted by atomic mass is 9.86. The minimum absolute atomic E-state index is 0.0984. The third-order valence-electron chi connectivity index (χ3n) is 3.23. The van der Waals surface area contributed by atoms with E-state index in [1.165, 1.54) is 0 Å². The van der Waals surface area contributed by atoms with Crippen LogP contribution >= 0.6 is 0 Å². The normalized spacial score (nSPS) is 17.1. The molecule has 2 aromatic rings. The first-order valence-corrected chi connectivity index (χ1v) is 6.08. The Bertz CT molecular complexity index is 731. The molecule has 0 spiro atoms. The lowest BCUT2D eigenvalue weighted by Crippen LogP contribution is -2.21. The Balaban J connectivity index is 2.23. The first-order chi connectivity index (χ1) is 9.70. The molecule has 1 aromatic heterocycles. The Morgan fingerprint density at radius 1 is 1.20 bits per heavy atom. The SMILES string of the molecule is N#CC1=C(N)Oc2cc(N)ccc2[C@H]1c1ccccn1. The highest BCUT2D eigenvalue weighted by molar-refractivity contribution is 5.58. The van der Waals surface area contributed by atoms with Crippen LogP contribution in [0.4, 0.5) is 5.69 Å². The molecule has 98 valence electrons. The number of ether oxygens (including phenoxy) is 1. The number of nitrogens with two attached hydrogens (primary N) is 2.